The second-order valence-electron chi connectivity index (χ2n) is 6.60. The van der Waals surface area contributed by atoms with Gasteiger partial charge in [-0.05, 0) is 51.7 Å². The molecule has 144 valence electrons. The quantitative estimate of drug-likeness (QED) is 0.569. The van der Waals surface area contributed by atoms with Crippen molar-refractivity contribution in [3.8, 4) is 17.0 Å². The summed E-state index contributed by atoms with van der Waals surface area (Å²) in [5, 5.41) is 0. The zero-order valence-corrected chi connectivity index (χ0v) is 17.4. The minimum absolute atomic E-state index is 0.202. The number of aromatic nitrogens is 1. The van der Waals surface area contributed by atoms with E-state index in [0.29, 0.717) is 30.3 Å². The Kier molecular flexibility index (Phi) is 5.48. The average molecular weight is 459 g/mol. The molecule has 0 N–H and O–H groups in total. The summed E-state index contributed by atoms with van der Waals surface area (Å²) < 4.78 is 34.1. The molecule has 1 aromatic heterocycles. The Labute approximate surface area is 173 Å². The van der Waals surface area contributed by atoms with Gasteiger partial charge in [0, 0.05) is 23.3 Å². The van der Waals surface area contributed by atoms with Crippen molar-refractivity contribution in [3.05, 3.63) is 77.4 Å². The third kappa shape index (κ3) is 4.11. The molecule has 4 rings (SSSR count). The molecular formula is C21H19BrN2O3S. The molecule has 1 aliphatic heterocycles. The van der Waals surface area contributed by atoms with Crippen molar-refractivity contribution >= 4 is 26.0 Å². The fourth-order valence-corrected chi connectivity index (χ4v) is 4.93. The average Bonchev–Trinajstić information content (AvgIpc) is 3.20. The lowest BCUT2D eigenvalue weighted by Gasteiger charge is -2.17. The third-order valence-corrected chi connectivity index (χ3v) is 7.04. The third-order valence-electron chi connectivity index (χ3n) is 4.69. The van der Waals surface area contributed by atoms with Crippen LogP contribution in [0.15, 0.2) is 82.3 Å². The van der Waals surface area contributed by atoms with E-state index in [1.54, 1.807) is 24.4 Å². The zero-order valence-electron chi connectivity index (χ0n) is 15.0. The summed E-state index contributed by atoms with van der Waals surface area (Å²) in [4.78, 5) is 4.49. The number of pyridine rings is 1. The van der Waals surface area contributed by atoms with Crippen molar-refractivity contribution in [2.24, 2.45) is 0 Å². The number of hydrogen-bond acceptors (Lipinski definition) is 4. The van der Waals surface area contributed by atoms with Gasteiger partial charge in [-0.25, -0.2) is 13.4 Å². The van der Waals surface area contributed by atoms with Gasteiger partial charge in [0.2, 0.25) is 15.9 Å². The van der Waals surface area contributed by atoms with Crippen LogP contribution >= 0.6 is 15.9 Å². The highest BCUT2D eigenvalue weighted by Crippen LogP contribution is 2.26. The SMILES string of the molecule is O=S(=O)(c1ccc(-c2ccccc2)cc1)N1CCC(Oc2ccc(Br)cn2)C1. The maximum atomic E-state index is 13.0. The summed E-state index contributed by atoms with van der Waals surface area (Å²) in [7, 11) is -3.54. The molecule has 0 bridgehead atoms. The first-order chi connectivity index (χ1) is 13.5. The van der Waals surface area contributed by atoms with Crippen LogP contribution in [0.25, 0.3) is 11.1 Å². The molecule has 1 aliphatic rings. The van der Waals surface area contributed by atoms with Gasteiger partial charge in [0.05, 0.1) is 11.4 Å². The van der Waals surface area contributed by atoms with E-state index in [1.165, 1.54) is 4.31 Å². The lowest BCUT2D eigenvalue weighted by Crippen LogP contribution is -2.31. The second-order valence-corrected chi connectivity index (χ2v) is 9.45. The summed E-state index contributed by atoms with van der Waals surface area (Å²) in [5.74, 6) is 0.500. The van der Waals surface area contributed by atoms with Gasteiger partial charge in [-0.15, -0.1) is 0 Å². The van der Waals surface area contributed by atoms with Gasteiger partial charge in [0.25, 0.3) is 0 Å². The first kappa shape index (κ1) is 19.1. The van der Waals surface area contributed by atoms with Gasteiger partial charge in [-0.2, -0.15) is 4.31 Å². The first-order valence-electron chi connectivity index (χ1n) is 8.96. The van der Waals surface area contributed by atoms with Crippen LogP contribution in [-0.2, 0) is 10.0 Å². The number of benzene rings is 2. The van der Waals surface area contributed by atoms with Crippen molar-refractivity contribution in [2.45, 2.75) is 17.4 Å². The standard InChI is InChI=1S/C21H19BrN2O3S/c22-18-8-11-21(23-14-18)27-19-12-13-24(15-19)28(25,26)20-9-6-17(7-10-20)16-4-2-1-3-5-16/h1-11,14,19H,12-13,15H2. The number of hydrogen-bond donors (Lipinski definition) is 0. The summed E-state index contributed by atoms with van der Waals surface area (Å²) in [6.07, 6.45) is 2.10. The Bertz CT molecular complexity index is 1040. The highest BCUT2D eigenvalue weighted by Gasteiger charge is 2.33. The van der Waals surface area contributed by atoms with Crippen molar-refractivity contribution in [1.29, 1.82) is 0 Å². The van der Waals surface area contributed by atoms with Crippen molar-refractivity contribution in [1.82, 2.24) is 9.29 Å². The van der Waals surface area contributed by atoms with E-state index in [0.717, 1.165) is 15.6 Å². The minimum Gasteiger partial charge on any atom is -0.473 e. The highest BCUT2D eigenvalue weighted by molar-refractivity contribution is 9.10. The molecule has 2 heterocycles. The molecule has 2 aromatic carbocycles. The lowest BCUT2D eigenvalue weighted by molar-refractivity contribution is 0.207. The molecule has 1 unspecified atom stereocenters. The van der Waals surface area contributed by atoms with Crippen molar-refractivity contribution in [2.75, 3.05) is 13.1 Å². The van der Waals surface area contributed by atoms with E-state index >= 15 is 0 Å². The zero-order chi connectivity index (χ0) is 19.6. The van der Waals surface area contributed by atoms with Gasteiger partial charge < -0.3 is 4.74 Å². The van der Waals surface area contributed by atoms with Gasteiger partial charge in [-0.3, -0.25) is 0 Å². The molecule has 0 saturated carbocycles. The van der Waals surface area contributed by atoms with E-state index < -0.39 is 10.0 Å². The van der Waals surface area contributed by atoms with Crippen LogP contribution in [0.2, 0.25) is 0 Å². The van der Waals surface area contributed by atoms with E-state index in [-0.39, 0.29) is 6.10 Å². The number of rotatable bonds is 5. The molecule has 0 radical (unpaired) electrons. The second kappa shape index (κ2) is 8.03. The number of sulfonamides is 1. The summed E-state index contributed by atoms with van der Waals surface area (Å²) in [6.45, 7) is 0.754. The molecule has 1 fully saturated rings. The Hall–Kier alpha value is -2.22. The fraction of sp³-hybridized carbons (Fsp3) is 0.190. The first-order valence-corrected chi connectivity index (χ1v) is 11.2. The van der Waals surface area contributed by atoms with E-state index in [1.807, 2.05) is 48.5 Å². The molecule has 1 saturated heterocycles. The van der Waals surface area contributed by atoms with Crippen LogP contribution in [0.4, 0.5) is 0 Å². The largest absolute Gasteiger partial charge is 0.473 e. The van der Waals surface area contributed by atoms with Crippen LogP contribution in [0.3, 0.4) is 0 Å². The van der Waals surface area contributed by atoms with E-state index in [2.05, 4.69) is 20.9 Å². The van der Waals surface area contributed by atoms with Gasteiger partial charge in [0.1, 0.15) is 6.10 Å². The van der Waals surface area contributed by atoms with E-state index in [4.69, 9.17) is 4.74 Å². The van der Waals surface area contributed by atoms with E-state index in [9.17, 15) is 8.42 Å². The van der Waals surface area contributed by atoms with Crippen LogP contribution < -0.4 is 4.74 Å². The molecule has 0 amide bonds. The number of ether oxygens (including phenoxy) is 1. The molecule has 0 aliphatic carbocycles. The van der Waals surface area contributed by atoms with Gasteiger partial charge >= 0.3 is 0 Å². The molecule has 7 heteroatoms. The molecular weight excluding hydrogens is 440 g/mol. The summed E-state index contributed by atoms with van der Waals surface area (Å²) in [6, 6.07) is 20.5. The van der Waals surface area contributed by atoms with Crippen LogP contribution in [0, 0.1) is 0 Å². The monoisotopic (exact) mass is 458 g/mol. The van der Waals surface area contributed by atoms with Crippen LogP contribution in [-0.4, -0.2) is 36.9 Å². The topological polar surface area (TPSA) is 59.5 Å². The maximum Gasteiger partial charge on any atom is 0.243 e. The molecule has 1 atom stereocenters. The van der Waals surface area contributed by atoms with Crippen molar-refractivity contribution < 1.29 is 13.2 Å². The minimum atomic E-state index is -3.54. The summed E-state index contributed by atoms with van der Waals surface area (Å²) >= 11 is 3.33. The molecule has 5 nitrogen and oxygen atoms in total. The number of halogens is 1. The Balaban J connectivity index is 1.45. The highest BCUT2D eigenvalue weighted by atomic mass is 79.9. The van der Waals surface area contributed by atoms with Crippen molar-refractivity contribution in [3.63, 3.8) is 0 Å². The lowest BCUT2D eigenvalue weighted by atomic mass is 10.1. The predicted molar refractivity (Wildman–Crippen MR) is 112 cm³/mol. The Morgan fingerprint density at radius 1 is 0.964 bits per heavy atom. The summed E-state index contributed by atoms with van der Waals surface area (Å²) in [5.41, 5.74) is 2.05. The smallest absolute Gasteiger partial charge is 0.243 e. The molecule has 3 aromatic rings. The fourth-order valence-electron chi connectivity index (χ4n) is 3.21. The maximum absolute atomic E-state index is 13.0. The Morgan fingerprint density at radius 2 is 1.68 bits per heavy atom. The normalized spacial score (nSPS) is 17.5. The van der Waals surface area contributed by atoms with Crippen LogP contribution in [0.1, 0.15) is 6.42 Å². The van der Waals surface area contributed by atoms with Crippen LogP contribution in [0.5, 0.6) is 5.88 Å². The predicted octanol–water partition coefficient (Wildman–Crippen LogP) is 4.35. The molecule has 28 heavy (non-hydrogen) atoms. The molecule has 0 spiro atoms. The van der Waals surface area contributed by atoms with Gasteiger partial charge in [0.15, 0.2) is 0 Å². The Morgan fingerprint density at radius 3 is 2.36 bits per heavy atom. The van der Waals surface area contributed by atoms with Gasteiger partial charge in [-0.1, -0.05) is 42.5 Å². The number of nitrogens with zero attached hydrogens (tertiary/aromatic N) is 2.